The Morgan fingerprint density at radius 1 is 0.897 bits per heavy atom. The van der Waals surface area contributed by atoms with Gasteiger partial charge in [-0.2, -0.15) is 0 Å². The molecule has 2 aromatic carbocycles. The van der Waals surface area contributed by atoms with Gasteiger partial charge in [-0.1, -0.05) is 30.3 Å². The van der Waals surface area contributed by atoms with E-state index >= 15 is 0 Å². The van der Waals surface area contributed by atoms with Crippen LogP contribution in [-0.2, 0) is 0 Å². The number of nitrogens with zero attached hydrogens (tertiary/aromatic N) is 3. The highest BCUT2D eigenvalue weighted by atomic mass is 35.5. The summed E-state index contributed by atoms with van der Waals surface area (Å²) in [5.74, 6) is 0. The van der Waals surface area contributed by atoms with Crippen LogP contribution in [0, 0.1) is 0 Å². The quantitative estimate of drug-likeness (QED) is 0.566. The molecule has 4 rings (SSSR count). The van der Waals surface area contributed by atoms with Gasteiger partial charge in [-0.05, 0) is 67.5 Å². The summed E-state index contributed by atoms with van der Waals surface area (Å²) in [6, 6.07) is 17.3. The van der Waals surface area contributed by atoms with Crippen molar-refractivity contribution in [3.05, 3.63) is 54.6 Å². The van der Waals surface area contributed by atoms with Crippen LogP contribution in [0.2, 0.25) is 0 Å². The van der Waals surface area contributed by atoms with Crippen molar-refractivity contribution in [1.82, 2.24) is 4.90 Å². The van der Waals surface area contributed by atoms with E-state index in [4.69, 9.17) is 5.73 Å². The lowest BCUT2D eigenvalue weighted by Gasteiger charge is -2.44. The standard InChI is InChI=1S/C20H28N4O2S.2ClH/c21-20-13-6-7-14-22(20)15-8-16-23-18-11-4-5-12-19(18)24(27(23,25)26)17-9-2-1-3-10-17;;/h1-5,9-12,20,25-26H,6-8,13-16,21H2;2*1H. The highest BCUT2D eigenvalue weighted by molar-refractivity contribution is 8.27. The van der Waals surface area contributed by atoms with Gasteiger partial charge in [0, 0.05) is 13.1 Å². The van der Waals surface area contributed by atoms with Crippen LogP contribution in [0.1, 0.15) is 25.7 Å². The summed E-state index contributed by atoms with van der Waals surface area (Å²) < 4.78 is 25.7. The van der Waals surface area contributed by atoms with Crippen LogP contribution in [-0.4, -0.2) is 39.8 Å². The van der Waals surface area contributed by atoms with Crippen LogP contribution in [0.5, 0.6) is 0 Å². The van der Waals surface area contributed by atoms with Crippen molar-refractivity contribution < 1.29 is 9.11 Å². The number of rotatable bonds is 5. The molecule has 0 saturated carbocycles. The summed E-state index contributed by atoms with van der Waals surface area (Å²) in [4.78, 5) is 2.31. The zero-order valence-electron chi connectivity index (χ0n) is 16.3. The minimum atomic E-state index is -3.14. The van der Waals surface area contributed by atoms with Crippen molar-refractivity contribution in [3.8, 4) is 0 Å². The number of anilines is 3. The summed E-state index contributed by atoms with van der Waals surface area (Å²) in [5, 5.41) is 0. The number of hydrogen-bond donors (Lipinski definition) is 3. The molecule has 0 aliphatic carbocycles. The summed E-state index contributed by atoms with van der Waals surface area (Å²) in [6.45, 7) is 2.48. The van der Waals surface area contributed by atoms with Gasteiger partial charge in [0.05, 0.1) is 23.2 Å². The molecule has 29 heavy (non-hydrogen) atoms. The second-order valence-electron chi connectivity index (χ2n) is 7.16. The summed E-state index contributed by atoms with van der Waals surface area (Å²) >= 11 is 0. The molecule has 0 amide bonds. The third-order valence-corrected chi connectivity index (χ3v) is 7.24. The molecule has 9 heteroatoms. The predicted molar refractivity (Wildman–Crippen MR) is 128 cm³/mol. The van der Waals surface area contributed by atoms with Crippen molar-refractivity contribution in [2.75, 3.05) is 28.2 Å². The van der Waals surface area contributed by atoms with Crippen LogP contribution in [0.3, 0.4) is 0 Å². The molecule has 162 valence electrons. The number of nitrogens with two attached hydrogens (primary N) is 1. The van der Waals surface area contributed by atoms with E-state index in [2.05, 4.69) is 4.90 Å². The Bertz CT molecular complexity index is 784. The first-order chi connectivity index (χ1) is 13.1. The van der Waals surface area contributed by atoms with E-state index in [0.29, 0.717) is 6.54 Å². The largest absolute Gasteiger partial charge is 0.316 e. The minimum absolute atomic E-state index is 0. The molecule has 1 unspecified atom stereocenters. The molecule has 1 fully saturated rings. The van der Waals surface area contributed by atoms with Crippen molar-refractivity contribution in [2.24, 2.45) is 5.73 Å². The maximum absolute atomic E-state index is 11.1. The van der Waals surface area contributed by atoms with Crippen LogP contribution < -0.4 is 14.3 Å². The van der Waals surface area contributed by atoms with Gasteiger partial charge in [0.15, 0.2) is 0 Å². The summed E-state index contributed by atoms with van der Waals surface area (Å²) in [7, 11) is -3.14. The Hall–Kier alpha value is -1.19. The van der Waals surface area contributed by atoms with E-state index < -0.39 is 11.0 Å². The fourth-order valence-electron chi connectivity index (χ4n) is 4.01. The molecule has 4 N–H and O–H groups in total. The lowest BCUT2D eigenvalue weighted by Crippen LogP contribution is -2.46. The average molecular weight is 461 g/mol. The van der Waals surface area contributed by atoms with Gasteiger partial charge in [-0.25, -0.2) is 4.31 Å². The predicted octanol–water partition coefficient (Wildman–Crippen LogP) is 5.23. The maximum Gasteiger partial charge on any atom is 0.0896 e. The Kier molecular flexibility index (Phi) is 8.48. The third kappa shape index (κ3) is 4.77. The molecule has 1 saturated heterocycles. The third-order valence-electron chi connectivity index (χ3n) is 5.37. The van der Waals surface area contributed by atoms with Gasteiger partial charge in [0.1, 0.15) is 0 Å². The van der Waals surface area contributed by atoms with E-state index in [1.807, 2.05) is 54.6 Å². The second kappa shape index (κ2) is 10.2. The number of benzene rings is 2. The average Bonchev–Trinajstić information content (AvgIpc) is 2.90. The first-order valence-corrected chi connectivity index (χ1v) is 11.0. The molecular formula is C20H30Cl2N4O2S. The van der Waals surface area contributed by atoms with Crippen molar-refractivity contribution in [2.45, 2.75) is 31.8 Å². The smallest absolute Gasteiger partial charge is 0.0896 e. The molecule has 0 aromatic heterocycles. The molecule has 2 aliphatic heterocycles. The Morgan fingerprint density at radius 3 is 2.24 bits per heavy atom. The molecule has 0 bridgehead atoms. The fourth-order valence-corrected chi connectivity index (χ4v) is 5.82. The molecular weight excluding hydrogens is 431 g/mol. The van der Waals surface area contributed by atoms with Crippen LogP contribution in [0.4, 0.5) is 17.1 Å². The van der Waals surface area contributed by atoms with E-state index in [-0.39, 0.29) is 31.0 Å². The number of halogens is 2. The van der Waals surface area contributed by atoms with Gasteiger partial charge >= 0.3 is 0 Å². The highest BCUT2D eigenvalue weighted by Crippen LogP contribution is 2.63. The van der Waals surface area contributed by atoms with Crippen molar-refractivity contribution >= 4 is 52.8 Å². The maximum atomic E-state index is 11.1. The monoisotopic (exact) mass is 460 g/mol. The molecule has 2 heterocycles. The number of fused-ring (bicyclic) bond motifs is 1. The normalized spacial score (nSPS) is 21.7. The summed E-state index contributed by atoms with van der Waals surface area (Å²) in [6.07, 6.45) is 4.40. The molecule has 6 nitrogen and oxygen atoms in total. The van der Waals surface area contributed by atoms with E-state index in [1.165, 1.54) is 12.8 Å². The van der Waals surface area contributed by atoms with Gasteiger partial charge in [0.2, 0.25) is 0 Å². The number of para-hydroxylation sites is 3. The SMILES string of the molecule is Cl.Cl.NC1CCCCN1CCCN1c2ccccc2N(c2ccccc2)S1(O)O. The first-order valence-electron chi connectivity index (χ1n) is 9.59. The number of hydrogen-bond acceptors (Lipinski definition) is 6. The van der Waals surface area contributed by atoms with E-state index in [0.717, 1.165) is 43.0 Å². The first kappa shape index (κ1) is 24.1. The topological polar surface area (TPSA) is 76.2 Å². The Morgan fingerprint density at radius 2 is 1.55 bits per heavy atom. The molecule has 0 spiro atoms. The molecule has 1 atom stereocenters. The van der Waals surface area contributed by atoms with Crippen molar-refractivity contribution in [3.63, 3.8) is 0 Å². The Balaban J connectivity index is 0.00000150. The fraction of sp³-hybridized carbons (Fsp3) is 0.400. The highest BCUT2D eigenvalue weighted by Gasteiger charge is 2.41. The second-order valence-corrected chi connectivity index (χ2v) is 8.95. The van der Waals surface area contributed by atoms with Crippen LogP contribution in [0.25, 0.3) is 0 Å². The van der Waals surface area contributed by atoms with E-state index in [1.54, 1.807) is 8.61 Å². The lowest BCUT2D eigenvalue weighted by molar-refractivity contribution is 0.151. The van der Waals surface area contributed by atoms with Gasteiger partial charge in [0.25, 0.3) is 0 Å². The van der Waals surface area contributed by atoms with Gasteiger partial charge in [-0.3, -0.25) is 18.3 Å². The molecule has 2 aliphatic rings. The van der Waals surface area contributed by atoms with Crippen LogP contribution in [0.15, 0.2) is 54.6 Å². The van der Waals surface area contributed by atoms with Crippen molar-refractivity contribution in [1.29, 1.82) is 0 Å². The number of piperidine rings is 1. The summed E-state index contributed by atoms with van der Waals surface area (Å²) in [5.41, 5.74) is 8.69. The lowest BCUT2D eigenvalue weighted by atomic mass is 10.1. The van der Waals surface area contributed by atoms with E-state index in [9.17, 15) is 9.11 Å². The Labute approximate surface area is 187 Å². The van der Waals surface area contributed by atoms with Gasteiger partial charge in [-0.15, -0.1) is 24.8 Å². The minimum Gasteiger partial charge on any atom is -0.316 e. The van der Waals surface area contributed by atoms with Crippen LogP contribution >= 0.6 is 35.8 Å². The number of likely N-dealkylation sites (tertiary alicyclic amines) is 1. The van der Waals surface area contributed by atoms with Gasteiger partial charge < -0.3 is 5.73 Å². The molecule has 2 aromatic rings. The zero-order chi connectivity index (χ0) is 18.9. The zero-order valence-corrected chi connectivity index (χ0v) is 18.7. The molecule has 0 radical (unpaired) electrons.